The first-order valence-corrected chi connectivity index (χ1v) is 18.9. The molecule has 2 rings (SSSR count). The van der Waals surface area contributed by atoms with Gasteiger partial charge in [0.05, 0.1) is 60.6 Å². The number of halogens is 7. The van der Waals surface area contributed by atoms with Crippen LogP contribution in [-0.2, 0) is 23.8 Å². The van der Waals surface area contributed by atoms with Crippen molar-refractivity contribution < 1.29 is 53.2 Å². The summed E-state index contributed by atoms with van der Waals surface area (Å²) < 4.78 is 15.8. The van der Waals surface area contributed by atoms with Gasteiger partial charge in [-0.25, -0.2) is 9.59 Å². The van der Waals surface area contributed by atoms with Gasteiger partial charge in [0.15, 0.2) is 0 Å². The minimum Gasteiger partial charge on any atom is -0.394 e. The molecule has 3 amide bonds. The topological polar surface area (TPSA) is 207 Å². The van der Waals surface area contributed by atoms with Gasteiger partial charge in [0, 0.05) is 27.9 Å². The number of hydrogen-bond acceptors (Lipinski definition) is 11. The van der Waals surface area contributed by atoms with E-state index in [-0.39, 0.29) is 74.8 Å². The highest BCUT2D eigenvalue weighted by molar-refractivity contribution is 14.1. The fourth-order valence-electron chi connectivity index (χ4n) is 3.44. The van der Waals surface area contributed by atoms with Crippen LogP contribution in [0.5, 0.6) is 0 Å². The molecule has 0 spiro atoms. The van der Waals surface area contributed by atoms with E-state index < -0.39 is 47.6 Å². The number of rotatable bonds is 13. The van der Waals surface area contributed by atoms with Crippen LogP contribution in [0.4, 0.5) is 11.4 Å². The van der Waals surface area contributed by atoms with E-state index in [1.165, 1.54) is 14.2 Å². The SMILES string of the molecule is COCC(=O)Nc1c(I)c(C(=O)Cl)c(I)c(C(=O)OC(=O)c2c(I)c(NC(=O)COC)c(I)c(C(=O)NCC(O)CO)c2I)c1I. The zero-order valence-corrected chi connectivity index (χ0v) is 36.8. The van der Waals surface area contributed by atoms with Crippen LogP contribution in [0.15, 0.2) is 0 Å². The smallest absolute Gasteiger partial charge is 0.348 e. The molecule has 0 aliphatic carbocycles. The monoisotopic (exact) mass is 1330 g/mol. The Morgan fingerprint density at radius 2 is 1.09 bits per heavy atom. The van der Waals surface area contributed by atoms with E-state index in [9.17, 15) is 33.9 Å². The third-order valence-electron chi connectivity index (χ3n) is 5.44. The molecule has 0 saturated carbocycles. The molecule has 2 aromatic carbocycles. The van der Waals surface area contributed by atoms with Gasteiger partial charge in [-0.3, -0.25) is 19.2 Å². The van der Waals surface area contributed by atoms with Gasteiger partial charge in [0.1, 0.15) is 13.2 Å². The Balaban J connectivity index is 2.73. The summed E-state index contributed by atoms with van der Waals surface area (Å²) in [7, 11) is 2.61. The lowest BCUT2D eigenvalue weighted by Crippen LogP contribution is -2.35. The van der Waals surface area contributed by atoms with Crippen molar-refractivity contribution in [1.82, 2.24) is 5.32 Å². The largest absolute Gasteiger partial charge is 0.394 e. The Bertz CT molecular complexity index is 1610. The van der Waals surface area contributed by atoms with E-state index in [4.69, 9.17) is 30.9 Å². The maximum atomic E-state index is 13.7. The van der Waals surface area contributed by atoms with Crippen molar-refractivity contribution in [3.8, 4) is 0 Å². The molecule has 0 saturated heterocycles. The van der Waals surface area contributed by atoms with Crippen molar-refractivity contribution in [3.63, 3.8) is 0 Å². The molecular formula is C25H20ClI6N3O11. The first-order chi connectivity index (χ1) is 21.5. The average molecular weight is 1340 g/mol. The number of anilines is 2. The highest BCUT2D eigenvalue weighted by Gasteiger charge is 2.34. The van der Waals surface area contributed by atoms with E-state index >= 15 is 0 Å². The molecule has 0 radical (unpaired) electrons. The Morgan fingerprint density at radius 1 is 0.696 bits per heavy atom. The van der Waals surface area contributed by atoms with Gasteiger partial charge in [-0.15, -0.1) is 0 Å². The third-order valence-corrected chi connectivity index (χ3v) is 12.1. The Morgan fingerprint density at radius 3 is 1.48 bits per heavy atom. The van der Waals surface area contributed by atoms with Crippen LogP contribution in [0.3, 0.4) is 0 Å². The van der Waals surface area contributed by atoms with Crippen LogP contribution in [0.25, 0.3) is 0 Å². The van der Waals surface area contributed by atoms with Crippen LogP contribution in [0, 0.1) is 21.4 Å². The third kappa shape index (κ3) is 10.4. The van der Waals surface area contributed by atoms with Crippen LogP contribution in [0.1, 0.15) is 41.4 Å². The van der Waals surface area contributed by atoms with Crippen molar-refractivity contribution in [2.75, 3.05) is 51.2 Å². The number of hydrogen-bond donors (Lipinski definition) is 5. The molecule has 5 N–H and O–H groups in total. The van der Waals surface area contributed by atoms with Crippen LogP contribution in [-0.4, -0.2) is 91.8 Å². The number of carbonyl (C=O) groups excluding carboxylic acids is 6. The Kier molecular flexibility index (Phi) is 18.0. The summed E-state index contributed by atoms with van der Waals surface area (Å²) in [5.74, 6) is -4.38. The Labute approximate surface area is 348 Å². The number of methoxy groups -OCH3 is 2. The predicted molar refractivity (Wildman–Crippen MR) is 216 cm³/mol. The molecule has 0 heterocycles. The van der Waals surface area contributed by atoms with Crippen molar-refractivity contribution in [2.45, 2.75) is 6.10 Å². The fourth-order valence-corrected chi connectivity index (χ4v) is 12.7. The second-order valence-electron chi connectivity index (χ2n) is 8.59. The number of amides is 3. The van der Waals surface area contributed by atoms with Gasteiger partial charge in [-0.1, -0.05) is 0 Å². The van der Waals surface area contributed by atoms with Crippen LogP contribution >= 0.6 is 147 Å². The van der Waals surface area contributed by atoms with Crippen molar-refractivity contribution in [3.05, 3.63) is 43.7 Å². The van der Waals surface area contributed by atoms with Crippen molar-refractivity contribution in [2.24, 2.45) is 0 Å². The van der Waals surface area contributed by atoms with E-state index in [1.54, 1.807) is 136 Å². The zero-order valence-electron chi connectivity index (χ0n) is 23.1. The molecule has 46 heavy (non-hydrogen) atoms. The first-order valence-electron chi connectivity index (χ1n) is 12.1. The summed E-state index contributed by atoms with van der Waals surface area (Å²) in [4.78, 5) is 77.7. The van der Waals surface area contributed by atoms with Gasteiger partial charge in [0.2, 0.25) is 11.8 Å². The van der Waals surface area contributed by atoms with E-state index in [0.29, 0.717) is 0 Å². The van der Waals surface area contributed by atoms with Gasteiger partial charge < -0.3 is 40.4 Å². The second-order valence-corrected chi connectivity index (χ2v) is 15.4. The first kappa shape index (κ1) is 42.3. The molecule has 1 unspecified atom stereocenters. The number of aliphatic hydroxyl groups excluding tert-OH is 2. The molecule has 0 bridgehead atoms. The van der Waals surface area contributed by atoms with E-state index in [2.05, 4.69) is 16.0 Å². The summed E-state index contributed by atoms with van der Waals surface area (Å²) in [6.45, 7) is -1.63. The van der Waals surface area contributed by atoms with E-state index in [0.717, 1.165) is 0 Å². The quantitative estimate of drug-likeness (QED) is 0.0841. The fraction of sp³-hybridized carbons (Fsp3) is 0.280. The Hall–Kier alpha value is 0.170. The lowest BCUT2D eigenvalue weighted by Gasteiger charge is -2.20. The molecule has 14 nitrogen and oxygen atoms in total. The standard InChI is InChI=1S/C25H20ClI6N3O11/c1-44-5-8(38)34-20-16(29)10(22(26)40)14(27)12(18(20)31)24(42)46-25(43)13-15(28)11(23(41)33-3-7(37)4-36)17(30)21(19(13)32)35-9(39)6-45-2/h7,36-37H,3-6H2,1-2H3,(H,33,41)(H,34,38)(H,35,39). The maximum Gasteiger partial charge on any atom is 0.348 e. The van der Waals surface area contributed by atoms with Crippen LogP contribution < -0.4 is 16.0 Å². The molecule has 0 aliphatic rings. The second kappa shape index (κ2) is 19.5. The number of nitrogens with one attached hydrogen (secondary N) is 3. The highest BCUT2D eigenvalue weighted by atomic mass is 127. The molecule has 0 fully saturated rings. The minimum absolute atomic E-state index is 0.0427. The highest BCUT2D eigenvalue weighted by Crippen LogP contribution is 2.39. The zero-order chi connectivity index (χ0) is 35.0. The van der Waals surface area contributed by atoms with Gasteiger partial charge in [-0.05, 0) is 147 Å². The minimum atomic E-state index is -1.26. The van der Waals surface area contributed by atoms with Gasteiger partial charge in [0.25, 0.3) is 11.1 Å². The molecule has 0 aliphatic heterocycles. The summed E-state index contributed by atoms with van der Waals surface area (Å²) in [5, 5.41) is 25.5. The number of benzene rings is 2. The summed E-state index contributed by atoms with van der Waals surface area (Å²) >= 11 is 16.4. The van der Waals surface area contributed by atoms with Crippen molar-refractivity contribution in [1.29, 1.82) is 0 Å². The number of carbonyl (C=O) groups is 6. The summed E-state index contributed by atoms with van der Waals surface area (Å²) in [6, 6.07) is 0. The number of aliphatic hydroxyl groups is 2. The molecule has 2 aromatic rings. The van der Waals surface area contributed by atoms with E-state index in [1.807, 2.05) is 0 Å². The summed E-state index contributed by atoms with van der Waals surface area (Å²) in [5.41, 5.74) is -0.582. The lowest BCUT2D eigenvalue weighted by molar-refractivity contribution is -0.120. The van der Waals surface area contributed by atoms with Gasteiger partial charge in [-0.2, -0.15) is 0 Å². The predicted octanol–water partition coefficient (Wildman–Crippen LogP) is 3.94. The average Bonchev–Trinajstić information content (AvgIpc) is 2.96. The number of esters is 2. The van der Waals surface area contributed by atoms with Gasteiger partial charge >= 0.3 is 11.9 Å². The molecule has 0 aromatic heterocycles. The van der Waals surface area contributed by atoms with Crippen LogP contribution in [0.2, 0.25) is 0 Å². The lowest BCUT2D eigenvalue weighted by atomic mass is 10.1. The molecular weight excluding hydrogens is 1320 g/mol. The molecule has 250 valence electrons. The normalized spacial score (nSPS) is 11.5. The summed E-state index contributed by atoms with van der Waals surface area (Å²) in [6.07, 6.45) is -1.26. The number of ether oxygens (including phenoxy) is 3. The maximum absolute atomic E-state index is 13.7. The molecule has 1 atom stereocenters. The van der Waals surface area contributed by atoms with Crippen molar-refractivity contribution >= 4 is 193 Å². The molecule has 21 heteroatoms.